The first-order valence-corrected chi connectivity index (χ1v) is 11.1. The van der Waals surface area contributed by atoms with E-state index >= 15 is 0 Å². The Morgan fingerprint density at radius 1 is 1.13 bits per heavy atom. The standard InChI is InChI=1S/C24H28BrN3O3/c1-17-5-4-6-21(18(17)2)26-23(29)16-27-11-13-28(14-12-27)24(30)10-7-19-15-20(25)8-9-22(19)31-3/h4-10,15H,11-14,16H2,1-3H3,(H,26,29)/b10-7+. The van der Waals surface area contributed by atoms with Crippen molar-refractivity contribution in [2.45, 2.75) is 13.8 Å². The van der Waals surface area contributed by atoms with Gasteiger partial charge in [-0.15, -0.1) is 0 Å². The van der Waals surface area contributed by atoms with Gasteiger partial charge in [-0.05, 0) is 55.3 Å². The molecule has 0 spiro atoms. The van der Waals surface area contributed by atoms with Gasteiger partial charge < -0.3 is 15.0 Å². The summed E-state index contributed by atoms with van der Waals surface area (Å²) in [4.78, 5) is 28.9. The molecule has 1 N–H and O–H groups in total. The Kier molecular flexibility index (Phi) is 7.87. The summed E-state index contributed by atoms with van der Waals surface area (Å²) in [6.45, 7) is 6.88. The van der Waals surface area contributed by atoms with Crippen LogP contribution in [0.4, 0.5) is 5.69 Å². The molecule has 3 rings (SSSR count). The minimum absolute atomic E-state index is 0.0323. The van der Waals surface area contributed by atoms with Crippen LogP contribution in [0.25, 0.3) is 6.08 Å². The smallest absolute Gasteiger partial charge is 0.246 e. The van der Waals surface area contributed by atoms with Crippen LogP contribution in [0.3, 0.4) is 0 Å². The van der Waals surface area contributed by atoms with E-state index in [2.05, 4.69) is 26.1 Å². The number of anilines is 1. The molecule has 6 nitrogen and oxygen atoms in total. The van der Waals surface area contributed by atoms with Crippen LogP contribution in [-0.2, 0) is 9.59 Å². The van der Waals surface area contributed by atoms with Crippen LogP contribution in [0.2, 0.25) is 0 Å². The van der Waals surface area contributed by atoms with Crippen LogP contribution in [0.15, 0.2) is 46.9 Å². The lowest BCUT2D eigenvalue weighted by Crippen LogP contribution is -2.50. The number of methoxy groups -OCH3 is 1. The fraction of sp³-hybridized carbons (Fsp3) is 0.333. The van der Waals surface area contributed by atoms with E-state index in [4.69, 9.17) is 4.74 Å². The van der Waals surface area contributed by atoms with Crippen LogP contribution in [0, 0.1) is 13.8 Å². The average Bonchev–Trinajstić information content (AvgIpc) is 2.76. The van der Waals surface area contributed by atoms with E-state index in [1.54, 1.807) is 24.2 Å². The van der Waals surface area contributed by atoms with E-state index < -0.39 is 0 Å². The molecule has 7 heteroatoms. The Bertz CT molecular complexity index is 982. The normalized spacial score (nSPS) is 14.6. The average molecular weight is 486 g/mol. The summed E-state index contributed by atoms with van der Waals surface area (Å²) in [5, 5.41) is 3.00. The van der Waals surface area contributed by atoms with E-state index in [1.165, 1.54) is 0 Å². The number of nitrogens with one attached hydrogen (secondary N) is 1. The molecule has 0 unspecified atom stereocenters. The second-order valence-corrected chi connectivity index (χ2v) is 8.53. The van der Waals surface area contributed by atoms with Gasteiger partial charge in [0, 0.05) is 48.0 Å². The Balaban J connectivity index is 1.50. The first-order valence-electron chi connectivity index (χ1n) is 10.3. The molecule has 2 amide bonds. The van der Waals surface area contributed by atoms with Crippen molar-refractivity contribution < 1.29 is 14.3 Å². The van der Waals surface area contributed by atoms with Crippen LogP contribution >= 0.6 is 15.9 Å². The van der Waals surface area contributed by atoms with Crippen LogP contribution in [0.5, 0.6) is 5.75 Å². The van der Waals surface area contributed by atoms with Crippen molar-refractivity contribution in [3.05, 3.63) is 63.6 Å². The lowest BCUT2D eigenvalue weighted by molar-refractivity contribution is -0.127. The number of ether oxygens (including phenoxy) is 1. The molecule has 1 saturated heterocycles. The number of benzene rings is 2. The Hall–Kier alpha value is -2.64. The Labute approximate surface area is 192 Å². The van der Waals surface area contributed by atoms with Crippen molar-refractivity contribution >= 4 is 39.5 Å². The second kappa shape index (κ2) is 10.6. The summed E-state index contributed by atoms with van der Waals surface area (Å²) in [6.07, 6.45) is 3.35. The number of hydrogen-bond acceptors (Lipinski definition) is 4. The summed E-state index contributed by atoms with van der Waals surface area (Å²) in [7, 11) is 1.61. The topological polar surface area (TPSA) is 61.9 Å². The summed E-state index contributed by atoms with van der Waals surface area (Å²) in [5.41, 5.74) is 3.93. The van der Waals surface area contributed by atoms with Crippen molar-refractivity contribution in [2.24, 2.45) is 0 Å². The molecule has 2 aromatic rings. The van der Waals surface area contributed by atoms with E-state index in [-0.39, 0.29) is 11.8 Å². The van der Waals surface area contributed by atoms with Crippen LogP contribution < -0.4 is 10.1 Å². The number of hydrogen-bond donors (Lipinski definition) is 1. The van der Waals surface area contributed by atoms with Crippen molar-refractivity contribution in [2.75, 3.05) is 45.2 Å². The zero-order valence-electron chi connectivity index (χ0n) is 18.2. The summed E-state index contributed by atoms with van der Waals surface area (Å²) < 4.78 is 6.27. The fourth-order valence-corrected chi connectivity index (χ4v) is 3.89. The summed E-state index contributed by atoms with van der Waals surface area (Å²) in [6, 6.07) is 11.6. The molecule has 0 bridgehead atoms. The third-order valence-electron chi connectivity index (χ3n) is 5.53. The SMILES string of the molecule is COc1ccc(Br)cc1/C=C/C(=O)N1CCN(CC(=O)Nc2cccc(C)c2C)CC1. The Morgan fingerprint density at radius 3 is 2.58 bits per heavy atom. The van der Waals surface area contributed by atoms with Crippen LogP contribution in [0.1, 0.15) is 16.7 Å². The largest absolute Gasteiger partial charge is 0.496 e. The number of aryl methyl sites for hydroxylation is 1. The number of nitrogens with zero attached hydrogens (tertiary/aromatic N) is 2. The molecule has 31 heavy (non-hydrogen) atoms. The number of halogens is 1. The van der Waals surface area contributed by atoms with Crippen LogP contribution in [-0.4, -0.2) is 61.4 Å². The van der Waals surface area contributed by atoms with Crippen molar-refractivity contribution in [3.63, 3.8) is 0 Å². The van der Waals surface area contributed by atoms with Gasteiger partial charge in [0.1, 0.15) is 5.75 Å². The number of rotatable bonds is 6. The van der Waals surface area contributed by atoms with E-state index in [0.29, 0.717) is 38.5 Å². The van der Waals surface area contributed by atoms with Gasteiger partial charge in [-0.2, -0.15) is 0 Å². The molecule has 2 aromatic carbocycles. The minimum Gasteiger partial charge on any atom is -0.496 e. The van der Waals surface area contributed by atoms with Crippen molar-refractivity contribution in [3.8, 4) is 5.75 Å². The Morgan fingerprint density at radius 2 is 1.87 bits per heavy atom. The highest BCUT2D eigenvalue weighted by Gasteiger charge is 2.21. The van der Waals surface area contributed by atoms with Gasteiger partial charge in [-0.1, -0.05) is 28.1 Å². The highest BCUT2D eigenvalue weighted by molar-refractivity contribution is 9.10. The predicted molar refractivity (Wildman–Crippen MR) is 127 cm³/mol. The fourth-order valence-electron chi connectivity index (χ4n) is 3.51. The second-order valence-electron chi connectivity index (χ2n) is 7.62. The molecular weight excluding hydrogens is 458 g/mol. The van der Waals surface area contributed by atoms with Gasteiger partial charge in [-0.3, -0.25) is 14.5 Å². The third kappa shape index (κ3) is 6.18. The highest BCUT2D eigenvalue weighted by atomic mass is 79.9. The zero-order valence-corrected chi connectivity index (χ0v) is 19.7. The molecule has 164 valence electrons. The lowest BCUT2D eigenvalue weighted by Gasteiger charge is -2.33. The zero-order chi connectivity index (χ0) is 22.4. The molecule has 0 radical (unpaired) electrons. The maximum Gasteiger partial charge on any atom is 0.246 e. The predicted octanol–water partition coefficient (Wildman–Crippen LogP) is 3.87. The lowest BCUT2D eigenvalue weighted by atomic mass is 10.1. The van der Waals surface area contributed by atoms with E-state index in [9.17, 15) is 9.59 Å². The van der Waals surface area contributed by atoms with Gasteiger partial charge in [-0.25, -0.2) is 0 Å². The summed E-state index contributed by atoms with van der Waals surface area (Å²) >= 11 is 3.44. The number of amides is 2. The number of piperazine rings is 1. The number of carbonyl (C=O) groups excluding carboxylic acids is 2. The van der Waals surface area contributed by atoms with Gasteiger partial charge >= 0.3 is 0 Å². The maximum absolute atomic E-state index is 12.6. The minimum atomic E-state index is -0.0403. The summed E-state index contributed by atoms with van der Waals surface area (Å²) in [5.74, 6) is 0.642. The number of carbonyl (C=O) groups is 2. The first-order chi connectivity index (χ1) is 14.9. The van der Waals surface area contributed by atoms with Crippen molar-refractivity contribution in [1.82, 2.24) is 9.80 Å². The monoisotopic (exact) mass is 485 g/mol. The highest BCUT2D eigenvalue weighted by Crippen LogP contribution is 2.24. The molecular formula is C24H28BrN3O3. The molecule has 1 fully saturated rings. The van der Waals surface area contributed by atoms with Gasteiger partial charge in [0.15, 0.2) is 0 Å². The molecule has 1 heterocycles. The first kappa shape index (κ1) is 23.0. The molecule has 0 atom stereocenters. The van der Waals surface area contributed by atoms with E-state index in [1.807, 2.05) is 50.2 Å². The molecule has 1 aliphatic rings. The van der Waals surface area contributed by atoms with Crippen molar-refractivity contribution in [1.29, 1.82) is 0 Å². The van der Waals surface area contributed by atoms with Gasteiger partial charge in [0.25, 0.3) is 0 Å². The van der Waals surface area contributed by atoms with E-state index in [0.717, 1.165) is 26.9 Å². The van der Waals surface area contributed by atoms with Gasteiger partial charge in [0.05, 0.1) is 13.7 Å². The molecule has 0 saturated carbocycles. The maximum atomic E-state index is 12.6. The van der Waals surface area contributed by atoms with Gasteiger partial charge in [0.2, 0.25) is 11.8 Å². The third-order valence-corrected chi connectivity index (χ3v) is 6.02. The molecule has 0 aliphatic carbocycles. The molecule has 0 aromatic heterocycles. The quantitative estimate of drug-likeness (QED) is 0.630. The molecule has 1 aliphatic heterocycles.